The minimum Gasteiger partial charge on any atom is -0.290 e. The highest BCUT2D eigenvalue weighted by Gasteiger charge is 2.21. The van der Waals surface area contributed by atoms with Gasteiger partial charge >= 0.3 is 5.69 Å². The van der Waals surface area contributed by atoms with E-state index in [1.165, 1.54) is 0 Å². The van der Waals surface area contributed by atoms with E-state index in [2.05, 4.69) is 34.0 Å². The number of aromatic nitrogens is 5. The van der Waals surface area contributed by atoms with E-state index in [0.717, 1.165) is 29.6 Å². The van der Waals surface area contributed by atoms with E-state index in [0.29, 0.717) is 10.7 Å². The van der Waals surface area contributed by atoms with Crippen LogP contribution in [0.25, 0.3) is 22.4 Å². The molecule has 0 amide bonds. The number of hydrogen-bond acceptors (Lipinski definition) is 3. The number of nitrogens with one attached hydrogen (secondary N) is 2. The summed E-state index contributed by atoms with van der Waals surface area (Å²) in [6.45, 7) is 4.13. The fraction of sp³-hybridized carbons (Fsp3) is 0.357. The lowest BCUT2D eigenvalue weighted by molar-refractivity contribution is 0.471. The Kier molecular flexibility index (Phi) is 3.55. The van der Waals surface area contributed by atoms with Gasteiger partial charge < -0.3 is 0 Å². The van der Waals surface area contributed by atoms with E-state index in [1.54, 1.807) is 17.0 Å². The van der Waals surface area contributed by atoms with Crippen LogP contribution in [0, 0.1) is 0 Å². The van der Waals surface area contributed by atoms with Gasteiger partial charge in [-0.3, -0.25) is 14.6 Å². The molecule has 0 aliphatic carbocycles. The SMILES string of the molecule is CCC(CC)n1c(=O)[nH]c2ncc(Cl)c(-c3ccn[nH]3)c21. The monoisotopic (exact) mass is 305 g/mol. The molecular weight excluding hydrogens is 290 g/mol. The van der Waals surface area contributed by atoms with Gasteiger partial charge in [-0.15, -0.1) is 0 Å². The summed E-state index contributed by atoms with van der Waals surface area (Å²) in [4.78, 5) is 19.4. The first-order valence-corrected chi connectivity index (χ1v) is 7.33. The number of rotatable bonds is 4. The molecule has 0 saturated heterocycles. The van der Waals surface area contributed by atoms with Gasteiger partial charge in [-0.2, -0.15) is 5.10 Å². The van der Waals surface area contributed by atoms with E-state index >= 15 is 0 Å². The van der Waals surface area contributed by atoms with Crippen molar-refractivity contribution in [3.05, 3.63) is 34.0 Å². The van der Waals surface area contributed by atoms with Crippen LogP contribution in [0.15, 0.2) is 23.3 Å². The lowest BCUT2D eigenvalue weighted by Crippen LogP contribution is -2.21. The second-order valence-corrected chi connectivity index (χ2v) is 5.33. The summed E-state index contributed by atoms with van der Waals surface area (Å²) < 4.78 is 1.75. The van der Waals surface area contributed by atoms with E-state index < -0.39 is 0 Å². The zero-order valence-corrected chi connectivity index (χ0v) is 12.6. The van der Waals surface area contributed by atoms with Gasteiger partial charge in [-0.05, 0) is 18.9 Å². The lowest BCUT2D eigenvalue weighted by atomic mass is 10.1. The Bertz CT molecular complexity index is 814. The summed E-state index contributed by atoms with van der Waals surface area (Å²) in [5.74, 6) is 0. The average Bonchev–Trinajstić information content (AvgIpc) is 3.09. The Balaban J connectivity index is 2.41. The van der Waals surface area contributed by atoms with Gasteiger partial charge in [-0.1, -0.05) is 25.4 Å². The number of imidazole rings is 1. The van der Waals surface area contributed by atoms with Crippen LogP contribution >= 0.6 is 11.6 Å². The zero-order chi connectivity index (χ0) is 15.0. The Labute approximate surface area is 126 Å². The summed E-state index contributed by atoms with van der Waals surface area (Å²) in [7, 11) is 0. The van der Waals surface area contributed by atoms with Crippen molar-refractivity contribution in [1.29, 1.82) is 0 Å². The highest BCUT2D eigenvalue weighted by molar-refractivity contribution is 6.34. The number of aromatic amines is 2. The van der Waals surface area contributed by atoms with Crippen LogP contribution in [0.4, 0.5) is 0 Å². The van der Waals surface area contributed by atoms with Crippen molar-refractivity contribution in [2.24, 2.45) is 0 Å². The van der Waals surface area contributed by atoms with Crippen LogP contribution in [0.3, 0.4) is 0 Å². The highest BCUT2D eigenvalue weighted by Crippen LogP contribution is 2.33. The van der Waals surface area contributed by atoms with Gasteiger partial charge in [0.1, 0.15) is 0 Å². The van der Waals surface area contributed by atoms with Crippen molar-refractivity contribution in [1.82, 2.24) is 24.7 Å². The van der Waals surface area contributed by atoms with Crippen LogP contribution in [-0.4, -0.2) is 24.7 Å². The van der Waals surface area contributed by atoms with Crippen molar-refractivity contribution in [2.75, 3.05) is 0 Å². The number of halogens is 1. The highest BCUT2D eigenvalue weighted by atomic mass is 35.5. The summed E-state index contributed by atoms with van der Waals surface area (Å²) in [5.41, 5.74) is 2.64. The molecule has 7 heteroatoms. The van der Waals surface area contributed by atoms with Gasteiger partial charge in [0.25, 0.3) is 0 Å². The molecule has 0 aromatic carbocycles. The third-order valence-electron chi connectivity index (χ3n) is 3.77. The summed E-state index contributed by atoms with van der Waals surface area (Å²) in [5, 5.41) is 7.36. The lowest BCUT2D eigenvalue weighted by Gasteiger charge is -2.16. The van der Waals surface area contributed by atoms with Crippen LogP contribution in [0.5, 0.6) is 0 Å². The maximum absolute atomic E-state index is 12.3. The van der Waals surface area contributed by atoms with E-state index in [9.17, 15) is 4.79 Å². The molecule has 6 nitrogen and oxygen atoms in total. The van der Waals surface area contributed by atoms with Crippen molar-refractivity contribution >= 4 is 22.8 Å². The first-order chi connectivity index (χ1) is 10.2. The molecule has 0 bridgehead atoms. The second kappa shape index (κ2) is 5.37. The second-order valence-electron chi connectivity index (χ2n) is 4.92. The normalized spacial score (nSPS) is 11.6. The minimum absolute atomic E-state index is 0.105. The fourth-order valence-corrected chi connectivity index (χ4v) is 2.96. The van der Waals surface area contributed by atoms with Crippen LogP contribution in [0.2, 0.25) is 5.02 Å². The van der Waals surface area contributed by atoms with Gasteiger partial charge in [0.2, 0.25) is 0 Å². The molecule has 0 fully saturated rings. The number of nitrogens with zero attached hydrogens (tertiary/aromatic N) is 3. The largest absolute Gasteiger partial charge is 0.327 e. The molecular formula is C14H16ClN5O. The maximum Gasteiger partial charge on any atom is 0.327 e. The molecule has 3 aromatic heterocycles. The number of pyridine rings is 1. The van der Waals surface area contributed by atoms with Crippen molar-refractivity contribution in [3.8, 4) is 11.3 Å². The topological polar surface area (TPSA) is 79.4 Å². The van der Waals surface area contributed by atoms with Gasteiger partial charge in [0.15, 0.2) is 5.65 Å². The van der Waals surface area contributed by atoms with Crippen LogP contribution in [0.1, 0.15) is 32.7 Å². The average molecular weight is 306 g/mol. The molecule has 110 valence electrons. The van der Waals surface area contributed by atoms with Crippen molar-refractivity contribution < 1.29 is 0 Å². The number of H-pyrrole nitrogens is 2. The van der Waals surface area contributed by atoms with Crippen LogP contribution < -0.4 is 5.69 Å². The smallest absolute Gasteiger partial charge is 0.290 e. The van der Waals surface area contributed by atoms with Crippen LogP contribution in [-0.2, 0) is 0 Å². The molecule has 0 radical (unpaired) electrons. The Hall–Kier alpha value is -2.08. The first-order valence-electron chi connectivity index (χ1n) is 6.95. The van der Waals surface area contributed by atoms with E-state index in [-0.39, 0.29) is 11.7 Å². The minimum atomic E-state index is -0.158. The van der Waals surface area contributed by atoms with Gasteiger partial charge in [0.05, 0.1) is 16.2 Å². The first kappa shape index (κ1) is 13.9. The molecule has 0 saturated carbocycles. The molecule has 0 aliphatic rings. The Morgan fingerprint density at radius 2 is 2.14 bits per heavy atom. The molecule has 0 atom stereocenters. The fourth-order valence-electron chi connectivity index (χ4n) is 2.72. The third-order valence-corrected chi connectivity index (χ3v) is 4.06. The molecule has 2 N–H and O–H groups in total. The molecule has 3 rings (SSSR count). The summed E-state index contributed by atoms with van der Waals surface area (Å²) in [6.07, 6.45) is 4.92. The standard InChI is InChI=1S/C14H16ClN5O/c1-3-8(4-2)20-12-11(10-5-6-17-19-10)9(15)7-16-13(12)18-14(20)21/h5-8H,3-4H2,1-2H3,(H,17,19)(H,16,18,21). The third kappa shape index (κ3) is 2.15. The molecule has 3 aromatic rings. The summed E-state index contributed by atoms with van der Waals surface area (Å²) >= 11 is 6.33. The van der Waals surface area contributed by atoms with E-state index in [4.69, 9.17) is 11.6 Å². The van der Waals surface area contributed by atoms with E-state index in [1.807, 2.05) is 6.07 Å². The van der Waals surface area contributed by atoms with Gasteiger partial charge in [0, 0.05) is 24.0 Å². The molecule has 0 unspecified atom stereocenters. The number of hydrogen-bond donors (Lipinski definition) is 2. The van der Waals surface area contributed by atoms with Crippen molar-refractivity contribution in [3.63, 3.8) is 0 Å². The van der Waals surface area contributed by atoms with Gasteiger partial charge in [-0.25, -0.2) is 9.78 Å². The Morgan fingerprint density at radius 1 is 1.38 bits per heavy atom. The predicted octanol–water partition coefficient (Wildman–Crippen LogP) is 3.13. The molecule has 3 heterocycles. The number of fused-ring (bicyclic) bond motifs is 1. The zero-order valence-electron chi connectivity index (χ0n) is 11.9. The Morgan fingerprint density at radius 3 is 2.76 bits per heavy atom. The molecule has 21 heavy (non-hydrogen) atoms. The molecule has 0 aliphatic heterocycles. The maximum atomic E-state index is 12.3. The van der Waals surface area contributed by atoms with Crippen molar-refractivity contribution in [2.45, 2.75) is 32.7 Å². The predicted molar refractivity (Wildman–Crippen MR) is 82.6 cm³/mol. The summed E-state index contributed by atoms with van der Waals surface area (Å²) in [6, 6.07) is 1.93. The molecule has 0 spiro atoms. The quantitative estimate of drug-likeness (QED) is 0.777.